The Balaban J connectivity index is 2.73. The number of hydrogen-bond donors (Lipinski definition) is 0. The third kappa shape index (κ3) is 3.59. The highest BCUT2D eigenvalue weighted by molar-refractivity contribution is 8.13. The molecule has 90 valence electrons. The van der Waals surface area contributed by atoms with E-state index in [1.807, 2.05) is 0 Å². The molecule has 6 heteroatoms. The van der Waals surface area contributed by atoms with Gasteiger partial charge in [-0.2, -0.15) is 0 Å². The fourth-order valence-electron chi connectivity index (χ4n) is 1.97. The molecule has 1 heterocycles. The fourth-order valence-corrected chi connectivity index (χ4v) is 3.55. The summed E-state index contributed by atoms with van der Waals surface area (Å²) < 4.78 is 27.5. The van der Waals surface area contributed by atoms with Crippen LogP contribution in [-0.2, 0) is 13.8 Å². The lowest BCUT2D eigenvalue weighted by Gasteiger charge is -2.27. The van der Waals surface area contributed by atoms with Crippen molar-refractivity contribution in [2.45, 2.75) is 31.9 Å². The zero-order chi connectivity index (χ0) is 11.7. The first-order chi connectivity index (χ1) is 6.78. The molecule has 4 nitrogen and oxygen atoms in total. The topological polar surface area (TPSA) is 46.6 Å². The van der Waals surface area contributed by atoms with Gasteiger partial charge < -0.3 is 4.74 Å². The molecule has 0 radical (unpaired) electrons. The minimum atomic E-state index is -3.51. The molecule has 0 spiro atoms. The van der Waals surface area contributed by atoms with E-state index in [0.717, 1.165) is 6.54 Å². The maximum Gasteiger partial charge on any atom is 0.235 e. The van der Waals surface area contributed by atoms with Gasteiger partial charge >= 0.3 is 0 Å². The summed E-state index contributed by atoms with van der Waals surface area (Å²) >= 11 is 0. The Kier molecular flexibility index (Phi) is 4.03. The Bertz CT molecular complexity index is 317. The summed E-state index contributed by atoms with van der Waals surface area (Å²) in [6.07, 6.45) is 0.716. The Morgan fingerprint density at radius 1 is 1.53 bits per heavy atom. The predicted molar refractivity (Wildman–Crippen MR) is 60.7 cm³/mol. The summed E-state index contributed by atoms with van der Waals surface area (Å²) in [7, 11) is 3.32. The SMILES string of the molecule is COC1(CS(=O)(=O)Cl)CCN(C(C)C)C1. The first kappa shape index (κ1) is 13.2. The van der Waals surface area contributed by atoms with Crippen molar-refractivity contribution in [2.75, 3.05) is 26.0 Å². The van der Waals surface area contributed by atoms with Crippen LogP contribution in [0.1, 0.15) is 20.3 Å². The first-order valence-electron chi connectivity index (χ1n) is 4.99. The van der Waals surface area contributed by atoms with E-state index in [-0.39, 0.29) is 5.75 Å². The zero-order valence-corrected chi connectivity index (χ0v) is 10.9. The molecule has 1 rings (SSSR count). The summed E-state index contributed by atoms with van der Waals surface area (Å²) in [5.74, 6) is -0.110. The van der Waals surface area contributed by atoms with Gasteiger partial charge in [0.1, 0.15) is 0 Å². The Hall–Kier alpha value is 0.160. The molecule has 15 heavy (non-hydrogen) atoms. The van der Waals surface area contributed by atoms with Gasteiger partial charge in [-0.15, -0.1) is 0 Å². The molecule has 0 aliphatic carbocycles. The van der Waals surface area contributed by atoms with E-state index in [0.29, 0.717) is 19.0 Å². The minimum Gasteiger partial charge on any atom is -0.376 e. The molecule has 0 bridgehead atoms. The maximum absolute atomic E-state index is 11.1. The summed E-state index contributed by atoms with van der Waals surface area (Å²) in [5, 5.41) is 0. The van der Waals surface area contributed by atoms with E-state index in [2.05, 4.69) is 18.7 Å². The molecule has 0 aromatic heterocycles. The van der Waals surface area contributed by atoms with Crippen LogP contribution < -0.4 is 0 Å². The highest BCUT2D eigenvalue weighted by Gasteiger charge is 2.42. The van der Waals surface area contributed by atoms with Crippen LogP contribution in [0.15, 0.2) is 0 Å². The number of rotatable bonds is 4. The lowest BCUT2D eigenvalue weighted by Crippen LogP contribution is -2.42. The molecule has 0 aromatic rings. The molecule has 1 unspecified atom stereocenters. The van der Waals surface area contributed by atoms with Crippen LogP contribution in [0, 0.1) is 0 Å². The van der Waals surface area contributed by atoms with E-state index in [9.17, 15) is 8.42 Å². The molecular weight excluding hydrogens is 238 g/mol. The summed E-state index contributed by atoms with van der Waals surface area (Å²) in [6, 6.07) is 0.403. The van der Waals surface area contributed by atoms with Gasteiger partial charge in [0.15, 0.2) is 0 Å². The van der Waals surface area contributed by atoms with Crippen molar-refractivity contribution in [3.05, 3.63) is 0 Å². The van der Waals surface area contributed by atoms with Crippen LogP contribution in [0.25, 0.3) is 0 Å². The van der Waals surface area contributed by atoms with E-state index < -0.39 is 14.7 Å². The monoisotopic (exact) mass is 255 g/mol. The average molecular weight is 256 g/mol. The van der Waals surface area contributed by atoms with Crippen molar-refractivity contribution < 1.29 is 13.2 Å². The van der Waals surface area contributed by atoms with Crippen molar-refractivity contribution in [1.82, 2.24) is 4.90 Å². The highest BCUT2D eigenvalue weighted by Crippen LogP contribution is 2.28. The van der Waals surface area contributed by atoms with Gasteiger partial charge in [-0.3, -0.25) is 4.90 Å². The third-order valence-corrected chi connectivity index (χ3v) is 4.14. The second-order valence-corrected chi connectivity index (χ2v) is 7.16. The van der Waals surface area contributed by atoms with Gasteiger partial charge in [-0.25, -0.2) is 8.42 Å². The summed E-state index contributed by atoms with van der Waals surface area (Å²) in [4.78, 5) is 2.20. The number of halogens is 1. The van der Waals surface area contributed by atoms with Gasteiger partial charge in [0.05, 0.1) is 11.4 Å². The molecule has 0 aromatic carbocycles. The predicted octanol–water partition coefficient (Wildman–Crippen LogP) is 1.05. The van der Waals surface area contributed by atoms with Gasteiger partial charge in [0, 0.05) is 36.9 Å². The van der Waals surface area contributed by atoms with E-state index >= 15 is 0 Å². The fraction of sp³-hybridized carbons (Fsp3) is 1.00. The van der Waals surface area contributed by atoms with Gasteiger partial charge in [-0.05, 0) is 20.3 Å². The van der Waals surface area contributed by atoms with Crippen molar-refractivity contribution >= 4 is 19.7 Å². The molecule has 0 saturated carbocycles. The third-order valence-electron chi connectivity index (χ3n) is 2.94. The largest absolute Gasteiger partial charge is 0.376 e. The number of ether oxygens (including phenoxy) is 1. The van der Waals surface area contributed by atoms with E-state index in [4.69, 9.17) is 15.4 Å². The van der Waals surface area contributed by atoms with Crippen LogP contribution in [0.3, 0.4) is 0 Å². The molecule has 1 fully saturated rings. The number of likely N-dealkylation sites (tertiary alicyclic amines) is 1. The quantitative estimate of drug-likeness (QED) is 0.705. The van der Waals surface area contributed by atoms with Gasteiger partial charge in [0.25, 0.3) is 0 Å². The van der Waals surface area contributed by atoms with E-state index in [1.54, 1.807) is 7.11 Å². The van der Waals surface area contributed by atoms with Crippen molar-refractivity contribution in [3.63, 3.8) is 0 Å². The van der Waals surface area contributed by atoms with Crippen molar-refractivity contribution in [3.8, 4) is 0 Å². The lowest BCUT2D eigenvalue weighted by molar-refractivity contribution is 0.0155. The molecule has 0 N–H and O–H groups in total. The normalized spacial score (nSPS) is 28.9. The molecule has 1 saturated heterocycles. The second kappa shape index (κ2) is 4.57. The molecule has 1 aliphatic heterocycles. The Morgan fingerprint density at radius 2 is 2.13 bits per heavy atom. The second-order valence-electron chi connectivity index (χ2n) is 4.38. The average Bonchev–Trinajstić information content (AvgIpc) is 2.47. The zero-order valence-electron chi connectivity index (χ0n) is 9.36. The minimum absolute atomic E-state index is 0.110. The standard InChI is InChI=1S/C9H18ClNO3S/c1-8(2)11-5-4-9(6-11,14-3)7-15(10,12)13/h8H,4-7H2,1-3H3. The van der Waals surface area contributed by atoms with Crippen LogP contribution in [-0.4, -0.2) is 50.9 Å². The van der Waals surface area contributed by atoms with Gasteiger partial charge in [-0.1, -0.05) is 0 Å². The van der Waals surface area contributed by atoms with E-state index in [1.165, 1.54) is 0 Å². The smallest absolute Gasteiger partial charge is 0.235 e. The molecular formula is C9H18ClNO3S. The van der Waals surface area contributed by atoms with Crippen LogP contribution in [0.4, 0.5) is 0 Å². The summed E-state index contributed by atoms with van der Waals surface area (Å²) in [5.41, 5.74) is -0.620. The van der Waals surface area contributed by atoms with Crippen LogP contribution in [0.5, 0.6) is 0 Å². The summed E-state index contributed by atoms with van der Waals surface area (Å²) in [6.45, 7) is 5.66. The van der Waals surface area contributed by atoms with Gasteiger partial charge in [0.2, 0.25) is 9.05 Å². The highest BCUT2D eigenvalue weighted by atomic mass is 35.7. The number of methoxy groups -OCH3 is 1. The Labute approximate surface area is 96.0 Å². The molecule has 1 atom stereocenters. The maximum atomic E-state index is 11.1. The van der Waals surface area contributed by atoms with Crippen LogP contribution in [0.2, 0.25) is 0 Å². The number of nitrogens with zero attached hydrogens (tertiary/aromatic N) is 1. The van der Waals surface area contributed by atoms with Crippen molar-refractivity contribution in [1.29, 1.82) is 0 Å². The first-order valence-corrected chi connectivity index (χ1v) is 7.47. The molecule has 1 aliphatic rings. The Morgan fingerprint density at radius 3 is 2.47 bits per heavy atom. The van der Waals surface area contributed by atoms with Crippen molar-refractivity contribution in [2.24, 2.45) is 0 Å². The number of hydrogen-bond acceptors (Lipinski definition) is 4. The molecule has 0 amide bonds. The van der Waals surface area contributed by atoms with Crippen LogP contribution >= 0.6 is 10.7 Å². The lowest BCUT2D eigenvalue weighted by atomic mass is 10.1.